The van der Waals surface area contributed by atoms with Crippen molar-refractivity contribution in [2.24, 2.45) is 5.16 Å². The fraction of sp³-hybridized carbons (Fsp3) is 0.520. The van der Waals surface area contributed by atoms with Gasteiger partial charge in [-0.3, -0.25) is 29.3 Å². The Morgan fingerprint density at radius 1 is 0.921 bits per heavy atom. The average molecular weight is 536 g/mol. The van der Waals surface area contributed by atoms with E-state index in [0.717, 1.165) is 26.7 Å². The molecule has 13 nitrogen and oxygen atoms in total. The first-order valence-corrected chi connectivity index (χ1v) is 12.2. The summed E-state index contributed by atoms with van der Waals surface area (Å²) in [7, 11) is 0. The number of carbonyl (C=O) groups is 5. The highest BCUT2D eigenvalue weighted by Crippen LogP contribution is 2.25. The molecule has 0 radical (unpaired) electrons. The minimum atomic E-state index is -1.35. The highest BCUT2D eigenvalue weighted by atomic mass is 16.7. The van der Waals surface area contributed by atoms with Crippen LogP contribution in [0.2, 0.25) is 0 Å². The molecular formula is C25H33N3O10. The Hall–Kier alpha value is -4.16. The van der Waals surface area contributed by atoms with E-state index in [9.17, 15) is 24.0 Å². The summed E-state index contributed by atoms with van der Waals surface area (Å²) in [5.41, 5.74) is 0.434. The lowest BCUT2D eigenvalue weighted by Crippen LogP contribution is -2.64. The second-order valence-corrected chi connectivity index (χ2v) is 8.41. The van der Waals surface area contributed by atoms with Gasteiger partial charge < -0.3 is 24.3 Å². The van der Waals surface area contributed by atoms with Crippen molar-refractivity contribution in [3.8, 4) is 0 Å². The van der Waals surface area contributed by atoms with E-state index in [-0.39, 0.29) is 12.3 Å². The Morgan fingerprint density at radius 3 is 2.18 bits per heavy atom. The quantitative estimate of drug-likeness (QED) is 0.141. The number of rotatable bonds is 11. The minimum Gasteiger partial charge on any atom is -0.466 e. The number of unbranched alkanes of at least 4 members (excludes halogenated alkanes) is 2. The number of esters is 3. The summed E-state index contributed by atoms with van der Waals surface area (Å²) in [4.78, 5) is 65.3. The van der Waals surface area contributed by atoms with E-state index in [1.165, 1.54) is 6.92 Å². The van der Waals surface area contributed by atoms with Crippen molar-refractivity contribution < 1.29 is 47.8 Å². The van der Waals surface area contributed by atoms with Gasteiger partial charge in [-0.25, -0.2) is 4.79 Å². The van der Waals surface area contributed by atoms with Gasteiger partial charge in [-0.05, 0) is 23.7 Å². The molecule has 1 saturated heterocycles. The third kappa shape index (κ3) is 10.1. The molecule has 13 heteroatoms. The number of nitrogens with zero attached hydrogens (tertiary/aromatic N) is 1. The molecule has 4 atom stereocenters. The molecule has 1 heterocycles. The van der Waals surface area contributed by atoms with E-state index < -0.39 is 60.9 Å². The Labute approximate surface area is 220 Å². The van der Waals surface area contributed by atoms with Crippen LogP contribution in [0.25, 0.3) is 0 Å². The summed E-state index contributed by atoms with van der Waals surface area (Å²) in [5, 5.41) is 8.88. The van der Waals surface area contributed by atoms with Gasteiger partial charge in [-0.15, -0.1) is 0 Å². The van der Waals surface area contributed by atoms with Crippen LogP contribution in [0.5, 0.6) is 0 Å². The molecular weight excluding hydrogens is 502 g/mol. The lowest BCUT2D eigenvalue weighted by Gasteiger charge is -2.41. The number of hydrogen-bond acceptors (Lipinski definition) is 11. The molecule has 1 fully saturated rings. The largest absolute Gasteiger partial charge is 0.466 e. The SMILES string of the molecule is CCCCCC(=O)N[C@H]1C(=NOC(=O)Nc2ccccc2)O[C@H](COC(C)=O)[C@@H](OC(C)=O)[C@@H]1OC(C)=O. The van der Waals surface area contributed by atoms with Crippen LogP contribution >= 0.6 is 0 Å². The van der Waals surface area contributed by atoms with Gasteiger partial charge in [0.1, 0.15) is 12.6 Å². The van der Waals surface area contributed by atoms with Gasteiger partial charge in [-0.2, -0.15) is 0 Å². The molecule has 0 spiro atoms. The summed E-state index contributed by atoms with van der Waals surface area (Å²) in [5.74, 6) is -2.93. The lowest BCUT2D eigenvalue weighted by atomic mass is 9.96. The predicted octanol–water partition coefficient (Wildman–Crippen LogP) is 2.44. The van der Waals surface area contributed by atoms with Crippen LogP contribution in [-0.4, -0.2) is 66.8 Å². The van der Waals surface area contributed by atoms with E-state index in [1.54, 1.807) is 30.3 Å². The van der Waals surface area contributed by atoms with Crippen LogP contribution in [0.1, 0.15) is 53.4 Å². The molecule has 208 valence electrons. The Balaban J connectivity index is 2.39. The first kappa shape index (κ1) is 30.1. The molecule has 2 amide bonds. The smallest absolute Gasteiger partial charge is 0.437 e. The summed E-state index contributed by atoms with van der Waals surface area (Å²) in [6, 6.07) is 7.12. The second-order valence-electron chi connectivity index (χ2n) is 8.41. The van der Waals surface area contributed by atoms with Gasteiger partial charge in [-0.1, -0.05) is 38.0 Å². The fourth-order valence-corrected chi connectivity index (χ4v) is 3.58. The number of para-hydroxylation sites is 1. The Morgan fingerprint density at radius 2 is 1.58 bits per heavy atom. The van der Waals surface area contributed by atoms with Crippen LogP contribution in [0, 0.1) is 0 Å². The van der Waals surface area contributed by atoms with Crippen LogP contribution in [0.15, 0.2) is 35.5 Å². The lowest BCUT2D eigenvalue weighted by molar-refractivity contribution is -0.186. The van der Waals surface area contributed by atoms with Crippen LogP contribution < -0.4 is 10.6 Å². The molecule has 0 unspecified atom stereocenters. The van der Waals surface area contributed by atoms with Crippen LogP contribution in [0.3, 0.4) is 0 Å². The maximum absolute atomic E-state index is 12.7. The molecule has 2 N–H and O–H groups in total. The van der Waals surface area contributed by atoms with Gasteiger partial charge in [0.05, 0.1) is 0 Å². The topological polar surface area (TPSA) is 168 Å². The zero-order chi connectivity index (χ0) is 28.1. The van der Waals surface area contributed by atoms with Gasteiger partial charge in [0.25, 0.3) is 5.90 Å². The van der Waals surface area contributed by atoms with E-state index in [2.05, 4.69) is 15.8 Å². The molecule has 1 aliphatic heterocycles. The van der Waals surface area contributed by atoms with Crippen molar-refractivity contribution in [2.75, 3.05) is 11.9 Å². The maximum atomic E-state index is 12.7. The molecule has 1 aromatic carbocycles. The molecule has 0 aliphatic carbocycles. The van der Waals surface area contributed by atoms with Crippen LogP contribution in [-0.2, 0) is 43.0 Å². The highest BCUT2D eigenvalue weighted by Gasteiger charge is 2.50. The van der Waals surface area contributed by atoms with Gasteiger partial charge in [0.2, 0.25) is 5.91 Å². The number of oxime groups is 1. The van der Waals surface area contributed by atoms with Crippen LogP contribution in [0.4, 0.5) is 10.5 Å². The average Bonchev–Trinajstić information content (AvgIpc) is 2.84. The van der Waals surface area contributed by atoms with E-state index in [1.807, 2.05) is 6.92 Å². The number of ether oxygens (including phenoxy) is 4. The maximum Gasteiger partial charge on any atom is 0.437 e. The zero-order valence-corrected chi connectivity index (χ0v) is 21.8. The number of hydrogen-bond donors (Lipinski definition) is 2. The Bertz CT molecular complexity index is 1010. The van der Waals surface area contributed by atoms with Crippen molar-refractivity contribution in [2.45, 2.75) is 77.7 Å². The summed E-state index contributed by atoms with van der Waals surface area (Å²) >= 11 is 0. The summed E-state index contributed by atoms with van der Waals surface area (Å²) in [6.45, 7) is 4.99. The van der Waals surface area contributed by atoms with E-state index >= 15 is 0 Å². The zero-order valence-electron chi connectivity index (χ0n) is 21.8. The molecule has 38 heavy (non-hydrogen) atoms. The molecule has 2 rings (SSSR count). The van der Waals surface area contributed by atoms with Crippen molar-refractivity contribution in [3.63, 3.8) is 0 Å². The summed E-state index contributed by atoms with van der Waals surface area (Å²) in [6.07, 6.45) is -2.38. The molecule has 0 saturated carbocycles. The normalized spacial score (nSPS) is 21.4. The van der Waals surface area contributed by atoms with Crippen molar-refractivity contribution in [1.82, 2.24) is 5.32 Å². The molecule has 1 aromatic rings. The first-order chi connectivity index (χ1) is 18.1. The minimum absolute atomic E-state index is 0.148. The van der Waals surface area contributed by atoms with Crippen molar-refractivity contribution >= 4 is 41.5 Å². The van der Waals surface area contributed by atoms with E-state index in [0.29, 0.717) is 12.1 Å². The number of anilines is 1. The van der Waals surface area contributed by atoms with Gasteiger partial charge in [0.15, 0.2) is 18.3 Å². The first-order valence-electron chi connectivity index (χ1n) is 12.2. The van der Waals surface area contributed by atoms with Crippen molar-refractivity contribution in [1.29, 1.82) is 0 Å². The monoisotopic (exact) mass is 535 g/mol. The number of benzene rings is 1. The molecule has 1 aliphatic rings. The third-order valence-corrected chi connectivity index (χ3v) is 5.17. The summed E-state index contributed by atoms with van der Waals surface area (Å²) < 4.78 is 21.6. The van der Waals surface area contributed by atoms with E-state index in [4.69, 9.17) is 23.8 Å². The van der Waals surface area contributed by atoms with Gasteiger partial charge >= 0.3 is 24.0 Å². The molecule has 0 aromatic heterocycles. The van der Waals surface area contributed by atoms with Gasteiger partial charge in [0, 0.05) is 32.9 Å². The number of nitrogens with one attached hydrogen (secondary N) is 2. The highest BCUT2D eigenvalue weighted by molar-refractivity contribution is 5.90. The standard InChI is InChI=1S/C25H33N3O10/c1-5-6-8-13-20(32)27-21-23(36-17(4)31)22(35-16(3)30)19(14-34-15(2)29)37-24(21)28-38-25(33)26-18-11-9-7-10-12-18/h7,9-12,19,21-23H,5-6,8,13-14H2,1-4H3,(H,26,33)(H,27,32)/t19-,21-,22-,23-/m1/s1. The number of amides is 2. The third-order valence-electron chi connectivity index (χ3n) is 5.17. The predicted molar refractivity (Wildman–Crippen MR) is 133 cm³/mol. The Kier molecular flexibility index (Phi) is 12.0. The second kappa shape index (κ2) is 15.2. The number of carbonyl (C=O) groups excluding carboxylic acids is 5. The molecule has 0 bridgehead atoms. The van der Waals surface area contributed by atoms with Crippen molar-refractivity contribution in [3.05, 3.63) is 30.3 Å². The fourth-order valence-electron chi connectivity index (χ4n) is 3.58.